The van der Waals surface area contributed by atoms with Crippen LogP contribution in [0.2, 0.25) is 0 Å². The summed E-state index contributed by atoms with van der Waals surface area (Å²) in [5.41, 5.74) is 0. The summed E-state index contributed by atoms with van der Waals surface area (Å²) < 4.78 is 0. The summed E-state index contributed by atoms with van der Waals surface area (Å²) >= 11 is 0. The van der Waals surface area contributed by atoms with Crippen molar-refractivity contribution in [2.24, 2.45) is 0 Å². The quantitative estimate of drug-likeness (QED) is 0.228. The molecule has 10 nitrogen and oxygen atoms in total. The summed E-state index contributed by atoms with van der Waals surface area (Å²) in [6.45, 7) is 0. The van der Waals surface area contributed by atoms with E-state index in [1.165, 1.54) is 0 Å². The Labute approximate surface area is 73.8 Å². The zero-order valence-electron chi connectivity index (χ0n) is 5.25. The molecule has 0 aliphatic carbocycles. The van der Waals surface area contributed by atoms with Crippen LogP contribution in [0.25, 0.3) is 0 Å². The van der Waals surface area contributed by atoms with Crippen LogP contribution in [0.3, 0.4) is 0 Å². The summed E-state index contributed by atoms with van der Waals surface area (Å²) in [4.78, 5) is 8.25. The SMILES string of the molecule is O.O.O.O.O.O.O=[N+]([O-])[O-].[Ga+3]. The van der Waals surface area contributed by atoms with Gasteiger partial charge in [-0.05, 0) is 0 Å². The molecule has 0 radical (unpaired) electrons. The van der Waals surface area contributed by atoms with E-state index < -0.39 is 5.09 Å². The van der Waals surface area contributed by atoms with E-state index in [1.54, 1.807) is 0 Å². The van der Waals surface area contributed by atoms with Crippen LogP contribution in [0, 0.1) is 15.3 Å². The van der Waals surface area contributed by atoms with E-state index >= 15 is 0 Å². The predicted octanol–water partition coefficient (Wildman–Crippen LogP) is -5.57. The summed E-state index contributed by atoms with van der Waals surface area (Å²) in [7, 11) is 0. The molecule has 0 aliphatic heterocycles. The Kier molecular flexibility index (Phi) is 1380. The molecule has 0 amide bonds. The molecule has 11 heavy (non-hydrogen) atoms. The largest absolute Gasteiger partial charge is 3.00 e. The van der Waals surface area contributed by atoms with Crippen molar-refractivity contribution >= 4 is 19.8 Å². The van der Waals surface area contributed by atoms with E-state index in [2.05, 4.69) is 0 Å². The van der Waals surface area contributed by atoms with Gasteiger partial charge >= 0.3 is 19.8 Å². The monoisotopic (exact) mass is 239 g/mol. The molecular formula is H12GaNO9+2. The topological polar surface area (TPSA) is 255 Å². The fourth-order valence-corrected chi connectivity index (χ4v) is 0. The molecule has 72 valence electrons. The Balaban J connectivity index is -0.00000000214. The van der Waals surface area contributed by atoms with Crippen LogP contribution in [-0.4, -0.2) is 57.7 Å². The van der Waals surface area contributed by atoms with Crippen molar-refractivity contribution in [2.75, 3.05) is 0 Å². The molecule has 0 aliphatic rings. The number of hydrogen-bond donors (Lipinski definition) is 0. The van der Waals surface area contributed by atoms with E-state index in [9.17, 15) is 0 Å². The van der Waals surface area contributed by atoms with E-state index in [4.69, 9.17) is 15.3 Å². The predicted molar refractivity (Wildman–Crippen MR) is 37.8 cm³/mol. The molecule has 0 unspecified atom stereocenters. The van der Waals surface area contributed by atoms with Crippen molar-refractivity contribution in [3.8, 4) is 0 Å². The fourth-order valence-electron chi connectivity index (χ4n) is 0. The van der Waals surface area contributed by atoms with E-state index in [0.29, 0.717) is 0 Å². The summed E-state index contributed by atoms with van der Waals surface area (Å²) in [6, 6.07) is 0. The van der Waals surface area contributed by atoms with Gasteiger partial charge in [-0.15, -0.1) is 0 Å². The number of rotatable bonds is 0. The van der Waals surface area contributed by atoms with Gasteiger partial charge in [0.25, 0.3) is 0 Å². The molecule has 0 rings (SSSR count). The Bertz CT molecular complexity index is 32.5. The second-order valence-electron chi connectivity index (χ2n) is 0.224. The molecule has 0 aromatic carbocycles. The first-order chi connectivity index (χ1) is 1.73. The molecule has 0 saturated carbocycles. The first-order valence-electron chi connectivity index (χ1n) is 0.548. The van der Waals surface area contributed by atoms with Crippen LogP contribution in [-0.2, 0) is 0 Å². The Morgan fingerprint density at radius 2 is 0.727 bits per heavy atom. The molecule has 0 saturated heterocycles. The molecule has 0 aromatic heterocycles. The van der Waals surface area contributed by atoms with E-state index in [-0.39, 0.29) is 52.6 Å². The maximum atomic E-state index is 8.25. The van der Waals surface area contributed by atoms with Gasteiger partial charge < -0.3 is 48.2 Å². The van der Waals surface area contributed by atoms with Gasteiger partial charge in [0.2, 0.25) is 0 Å². The van der Waals surface area contributed by atoms with Crippen LogP contribution in [0.4, 0.5) is 0 Å². The van der Waals surface area contributed by atoms with Crippen molar-refractivity contribution in [1.82, 2.24) is 0 Å². The smallest absolute Gasteiger partial charge is 0.412 e. The third kappa shape index (κ3) is 3400. The van der Waals surface area contributed by atoms with Gasteiger partial charge in [-0.25, -0.2) is 0 Å². The maximum Gasteiger partial charge on any atom is 3.00 e. The second-order valence-corrected chi connectivity index (χ2v) is 0.224. The zero-order chi connectivity index (χ0) is 3.58. The first kappa shape index (κ1) is 145. The molecule has 0 fully saturated rings. The molecule has 0 atom stereocenters. The minimum Gasteiger partial charge on any atom is -0.412 e. The van der Waals surface area contributed by atoms with Crippen LogP contribution in [0.1, 0.15) is 0 Å². The van der Waals surface area contributed by atoms with Gasteiger partial charge in [-0.2, -0.15) is 0 Å². The Morgan fingerprint density at radius 3 is 0.727 bits per heavy atom. The summed E-state index contributed by atoms with van der Waals surface area (Å²) in [5, 5.41) is 14.8. The molecule has 0 aromatic rings. The Morgan fingerprint density at radius 1 is 0.727 bits per heavy atom. The number of hydrogen-bond acceptors (Lipinski definition) is 3. The fraction of sp³-hybridized carbons (Fsp3) is 0. The van der Waals surface area contributed by atoms with Crippen LogP contribution in [0.5, 0.6) is 0 Å². The van der Waals surface area contributed by atoms with Crippen LogP contribution < -0.4 is 0 Å². The van der Waals surface area contributed by atoms with Gasteiger partial charge in [-0.3, -0.25) is 0 Å². The normalized spacial score (nSPS) is 2.18. The van der Waals surface area contributed by atoms with Crippen molar-refractivity contribution in [3.05, 3.63) is 15.3 Å². The van der Waals surface area contributed by atoms with E-state index in [0.717, 1.165) is 0 Å². The Hall–Kier alpha value is -0.404. The third-order valence-electron chi connectivity index (χ3n) is 0. The molecule has 0 bridgehead atoms. The summed E-state index contributed by atoms with van der Waals surface area (Å²) in [5.74, 6) is 0. The zero-order valence-corrected chi connectivity index (χ0v) is 7.67. The minimum atomic E-state index is -1.75. The maximum absolute atomic E-state index is 8.25. The second kappa shape index (κ2) is 105. The van der Waals surface area contributed by atoms with E-state index in [1.807, 2.05) is 0 Å². The van der Waals surface area contributed by atoms with Crippen molar-refractivity contribution in [3.63, 3.8) is 0 Å². The van der Waals surface area contributed by atoms with Gasteiger partial charge in [0, 0.05) is 0 Å². The van der Waals surface area contributed by atoms with Gasteiger partial charge in [-0.1, -0.05) is 0 Å². The van der Waals surface area contributed by atoms with Gasteiger partial charge in [0.15, 0.2) is 0 Å². The average molecular weight is 240 g/mol. The minimum absolute atomic E-state index is 0. The molecule has 0 heterocycles. The molecule has 0 spiro atoms. The standard InChI is InChI=1S/Ga.NO3.6H2O/c;2-1(3)4;;;;;;/h;;6*1H2/q+3;-1;;;;;;. The summed E-state index contributed by atoms with van der Waals surface area (Å²) in [6.07, 6.45) is 0. The average Bonchev–Trinajstić information content (AvgIpc) is 0.811. The van der Waals surface area contributed by atoms with Crippen molar-refractivity contribution < 1.29 is 37.9 Å². The molecular weight excluding hydrogens is 228 g/mol. The van der Waals surface area contributed by atoms with Gasteiger partial charge in [0.05, 0.1) is 5.09 Å². The van der Waals surface area contributed by atoms with Crippen LogP contribution >= 0.6 is 0 Å². The van der Waals surface area contributed by atoms with Crippen molar-refractivity contribution in [2.45, 2.75) is 0 Å². The number of nitrogens with zero attached hydrogens (tertiary/aromatic N) is 1. The molecule has 11 heteroatoms. The van der Waals surface area contributed by atoms with Crippen LogP contribution in [0.15, 0.2) is 0 Å². The third-order valence-corrected chi connectivity index (χ3v) is 0. The van der Waals surface area contributed by atoms with Crippen molar-refractivity contribution in [1.29, 1.82) is 0 Å². The first-order valence-corrected chi connectivity index (χ1v) is 0.548. The van der Waals surface area contributed by atoms with Gasteiger partial charge in [0.1, 0.15) is 0 Å². The molecule has 12 N–H and O–H groups in total.